The first-order valence-electron chi connectivity index (χ1n) is 6.66. The second-order valence-electron chi connectivity index (χ2n) is 5.83. The van der Waals surface area contributed by atoms with Crippen molar-refractivity contribution in [1.82, 2.24) is 10.2 Å². The third-order valence-electron chi connectivity index (χ3n) is 4.03. The number of nitrogens with one attached hydrogen (secondary N) is 1. The Hall–Kier alpha value is -0.0800. The van der Waals surface area contributed by atoms with Gasteiger partial charge in [0.05, 0.1) is 0 Å². The number of hydrogen-bond acceptors (Lipinski definition) is 2. The molecule has 2 aliphatic rings. The van der Waals surface area contributed by atoms with Crippen LogP contribution in [0.1, 0.15) is 46.0 Å². The molecule has 88 valence electrons. The van der Waals surface area contributed by atoms with Crippen LogP contribution in [-0.2, 0) is 0 Å². The van der Waals surface area contributed by atoms with Crippen molar-refractivity contribution in [2.24, 2.45) is 5.92 Å². The molecule has 1 heterocycles. The van der Waals surface area contributed by atoms with Crippen LogP contribution < -0.4 is 5.32 Å². The largest absolute Gasteiger partial charge is 0.311 e. The van der Waals surface area contributed by atoms with Crippen LogP contribution in [-0.4, -0.2) is 36.6 Å². The predicted octanol–water partition coefficient (Wildman–Crippen LogP) is 2.25. The van der Waals surface area contributed by atoms with Crippen molar-refractivity contribution in [2.45, 2.75) is 51.5 Å². The van der Waals surface area contributed by atoms with Gasteiger partial charge in [-0.3, -0.25) is 0 Å². The predicted molar refractivity (Wildman–Crippen MR) is 65.1 cm³/mol. The van der Waals surface area contributed by atoms with Gasteiger partial charge in [-0.05, 0) is 78.0 Å². The molecule has 2 heteroatoms. The standard InChI is InChI=1S/C13H26N2/c1-13(2,12-6-7-12)14-8-5-11-15-9-3-4-10-15/h12,14H,3-11H2,1-2H3. The van der Waals surface area contributed by atoms with Crippen LogP contribution in [0.4, 0.5) is 0 Å². The summed E-state index contributed by atoms with van der Waals surface area (Å²) in [5.41, 5.74) is 0.394. The molecule has 0 spiro atoms. The smallest absolute Gasteiger partial charge is 0.0153 e. The lowest BCUT2D eigenvalue weighted by Gasteiger charge is -2.26. The van der Waals surface area contributed by atoms with Crippen molar-refractivity contribution in [2.75, 3.05) is 26.2 Å². The highest BCUT2D eigenvalue weighted by molar-refractivity contribution is 4.94. The molecule has 2 fully saturated rings. The Morgan fingerprint density at radius 3 is 2.47 bits per heavy atom. The summed E-state index contributed by atoms with van der Waals surface area (Å²) in [5.74, 6) is 0.948. The molecule has 1 aliphatic heterocycles. The van der Waals surface area contributed by atoms with Gasteiger partial charge < -0.3 is 10.2 Å². The van der Waals surface area contributed by atoms with E-state index in [0.29, 0.717) is 5.54 Å². The van der Waals surface area contributed by atoms with Crippen molar-refractivity contribution in [3.05, 3.63) is 0 Å². The molecular weight excluding hydrogens is 184 g/mol. The molecule has 0 unspecified atom stereocenters. The van der Waals surface area contributed by atoms with Crippen molar-refractivity contribution in [3.63, 3.8) is 0 Å². The zero-order valence-electron chi connectivity index (χ0n) is 10.4. The molecule has 0 aromatic heterocycles. The van der Waals surface area contributed by atoms with E-state index in [-0.39, 0.29) is 0 Å². The Labute approximate surface area is 94.4 Å². The maximum Gasteiger partial charge on any atom is 0.0153 e. The van der Waals surface area contributed by atoms with Crippen LogP contribution in [0.25, 0.3) is 0 Å². The van der Waals surface area contributed by atoms with Crippen molar-refractivity contribution in [3.8, 4) is 0 Å². The van der Waals surface area contributed by atoms with Crippen LogP contribution in [0.2, 0.25) is 0 Å². The van der Waals surface area contributed by atoms with E-state index in [2.05, 4.69) is 24.1 Å². The number of nitrogens with zero attached hydrogens (tertiary/aromatic N) is 1. The Morgan fingerprint density at radius 1 is 1.20 bits per heavy atom. The molecule has 2 rings (SSSR count). The van der Waals surface area contributed by atoms with Crippen molar-refractivity contribution >= 4 is 0 Å². The van der Waals surface area contributed by atoms with E-state index >= 15 is 0 Å². The van der Waals surface area contributed by atoms with Gasteiger partial charge in [0.2, 0.25) is 0 Å². The second kappa shape index (κ2) is 4.84. The van der Waals surface area contributed by atoms with Crippen molar-refractivity contribution in [1.29, 1.82) is 0 Å². The first-order valence-corrected chi connectivity index (χ1v) is 6.66. The Bertz CT molecular complexity index is 191. The Morgan fingerprint density at radius 2 is 1.87 bits per heavy atom. The maximum atomic E-state index is 3.72. The van der Waals surface area contributed by atoms with Gasteiger partial charge in [-0.1, -0.05) is 0 Å². The molecule has 0 aromatic carbocycles. The summed E-state index contributed by atoms with van der Waals surface area (Å²) in [4.78, 5) is 2.60. The van der Waals surface area contributed by atoms with Gasteiger partial charge in [-0.25, -0.2) is 0 Å². The molecule has 2 nitrogen and oxygen atoms in total. The van der Waals surface area contributed by atoms with E-state index < -0.39 is 0 Å². The Balaban J connectivity index is 1.54. The van der Waals surface area contributed by atoms with E-state index in [1.165, 1.54) is 58.3 Å². The third kappa shape index (κ3) is 3.46. The van der Waals surface area contributed by atoms with Crippen LogP contribution in [0.15, 0.2) is 0 Å². The molecule has 0 bridgehead atoms. The van der Waals surface area contributed by atoms with Gasteiger partial charge in [0.15, 0.2) is 0 Å². The molecule has 1 N–H and O–H groups in total. The van der Waals surface area contributed by atoms with E-state index in [9.17, 15) is 0 Å². The molecule has 0 radical (unpaired) electrons. The monoisotopic (exact) mass is 210 g/mol. The molecular formula is C13H26N2. The number of rotatable bonds is 6. The second-order valence-corrected chi connectivity index (χ2v) is 5.83. The van der Waals surface area contributed by atoms with Gasteiger partial charge in [0, 0.05) is 5.54 Å². The maximum absolute atomic E-state index is 3.72. The van der Waals surface area contributed by atoms with Crippen LogP contribution in [0.3, 0.4) is 0 Å². The lowest BCUT2D eigenvalue weighted by molar-refractivity contribution is 0.301. The van der Waals surface area contributed by atoms with E-state index in [0.717, 1.165) is 5.92 Å². The highest BCUT2D eigenvalue weighted by Crippen LogP contribution is 2.39. The summed E-state index contributed by atoms with van der Waals surface area (Å²) < 4.78 is 0. The fourth-order valence-corrected chi connectivity index (χ4v) is 2.67. The summed E-state index contributed by atoms with van der Waals surface area (Å²) in [6.07, 6.45) is 7.02. The Kier molecular flexibility index (Phi) is 3.68. The lowest BCUT2D eigenvalue weighted by atomic mass is 9.99. The van der Waals surface area contributed by atoms with Crippen LogP contribution >= 0.6 is 0 Å². The quantitative estimate of drug-likeness (QED) is 0.676. The fraction of sp³-hybridized carbons (Fsp3) is 1.00. The summed E-state index contributed by atoms with van der Waals surface area (Å²) in [5, 5.41) is 3.72. The minimum absolute atomic E-state index is 0.394. The van der Waals surface area contributed by atoms with Gasteiger partial charge in [0.25, 0.3) is 0 Å². The highest BCUT2D eigenvalue weighted by Gasteiger charge is 2.36. The van der Waals surface area contributed by atoms with Gasteiger partial charge >= 0.3 is 0 Å². The van der Waals surface area contributed by atoms with E-state index in [1.54, 1.807) is 0 Å². The summed E-state index contributed by atoms with van der Waals surface area (Å²) in [6.45, 7) is 9.90. The van der Waals surface area contributed by atoms with Crippen LogP contribution in [0.5, 0.6) is 0 Å². The highest BCUT2D eigenvalue weighted by atomic mass is 15.1. The summed E-state index contributed by atoms with van der Waals surface area (Å²) in [6, 6.07) is 0. The van der Waals surface area contributed by atoms with E-state index in [1.807, 2.05) is 0 Å². The fourth-order valence-electron chi connectivity index (χ4n) is 2.67. The third-order valence-corrected chi connectivity index (χ3v) is 4.03. The normalized spacial score (nSPS) is 23.6. The summed E-state index contributed by atoms with van der Waals surface area (Å²) >= 11 is 0. The zero-order chi connectivity index (χ0) is 10.7. The average Bonchev–Trinajstić information content (AvgIpc) is 2.94. The number of hydrogen-bond donors (Lipinski definition) is 1. The van der Waals surface area contributed by atoms with Gasteiger partial charge in [0.1, 0.15) is 0 Å². The van der Waals surface area contributed by atoms with Gasteiger partial charge in [-0.15, -0.1) is 0 Å². The lowest BCUT2D eigenvalue weighted by Crippen LogP contribution is -2.42. The van der Waals surface area contributed by atoms with Gasteiger partial charge in [-0.2, -0.15) is 0 Å². The average molecular weight is 210 g/mol. The SMILES string of the molecule is CC(C)(NCCCN1CCCC1)C1CC1. The van der Waals surface area contributed by atoms with Crippen LogP contribution in [0, 0.1) is 5.92 Å². The minimum Gasteiger partial charge on any atom is -0.311 e. The first kappa shape index (κ1) is 11.4. The molecule has 0 atom stereocenters. The molecule has 0 aromatic rings. The minimum atomic E-state index is 0.394. The van der Waals surface area contributed by atoms with Crippen molar-refractivity contribution < 1.29 is 0 Å². The first-order chi connectivity index (χ1) is 7.18. The zero-order valence-corrected chi connectivity index (χ0v) is 10.4. The summed E-state index contributed by atoms with van der Waals surface area (Å²) in [7, 11) is 0. The molecule has 15 heavy (non-hydrogen) atoms. The molecule has 1 saturated carbocycles. The molecule has 1 aliphatic carbocycles. The number of likely N-dealkylation sites (tertiary alicyclic amines) is 1. The molecule has 0 amide bonds. The topological polar surface area (TPSA) is 15.3 Å². The van der Waals surface area contributed by atoms with E-state index in [4.69, 9.17) is 0 Å². The molecule has 1 saturated heterocycles.